The van der Waals surface area contributed by atoms with E-state index in [0.29, 0.717) is 17.4 Å². The third kappa shape index (κ3) is 5.73. The molecule has 4 heteroatoms. The van der Waals surface area contributed by atoms with E-state index in [1.807, 2.05) is 26.0 Å². The first-order valence-electron chi connectivity index (χ1n) is 8.51. The Morgan fingerprint density at radius 3 is 2.04 bits per heavy atom. The second-order valence-corrected chi connectivity index (χ2v) is 6.22. The number of hydrogen-bond acceptors (Lipinski definition) is 2. The molecule has 0 saturated heterocycles. The minimum Gasteiger partial charge on any atom is -0.494 e. The highest BCUT2D eigenvalue weighted by molar-refractivity contribution is 5.37. The average molecular weight is 350 g/mol. The topological polar surface area (TPSA) is 18.5 Å². The van der Waals surface area contributed by atoms with Crippen LogP contribution < -0.4 is 9.47 Å². The molecule has 0 N–H and O–H groups in total. The molecule has 0 radical (unpaired) electrons. The van der Waals surface area contributed by atoms with Crippen LogP contribution in [0.25, 0.3) is 0 Å². The summed E-state index contributed by atoms with van der Waals surface area (Å²) < 4.78 is 36.1. The van der Waals surface area contributed by atoms with Gasteiger partial charge in [0.05, 0.1) is 14.2 Å². The SMILES string of the molecule is CCC(C)c1ccc(OC)c(F)c1.COc1c(F)cccc1C(C)C. The fraction of sp³-hybridized carbons (Fsp3) is 0.429. The van der Waals surface area contributed by atoms with Gasteiger partial charge in [0.15, 0.2) is 23.1 Å². The van der Waals surface area contributed by atoms with Crippen molar-refractivity contribution in [2.24, 2.45) is 0 Å². The molecule has 0 aliphatic carbocycles. The maximum absolute atomic E-state index is 13.2. The van der Waals surface area contributed by atoms with E-state index in [4.69, 9.17) is 9.47 Å². The molecule has 25 heavy (non-hydrogen) atoms. The van der Waals surface area contributed by atoms with E-state index < -0.39 is 0 Å². The lowest BCUT2D eigenvalue weighted by molar-refractivity contribution is 0.379. The molecule has 0 heterocycles. The van der Waals surface area contributed by atoms with Gasteiger partial charge in [0.25, 0.3) is 0 Å². The monoisotopic (exact) mass is 350 g/mol. The van der Waals surface area contributed by atoms with Gasteiger partial charge in [-0.2, -0.15) is 0 Å². The first-order valence-corrected chi connectivity index (χ1v) is 8.51. The van der Waals surface area contributed by atoms with Crippen molar-refractivity contribution in [3.8, 4) is 11.5 Å². The van der Waals surface area contributed by atoms with Gasteiger partial charge in [-0.05, 0) is 47.6 Å². The van der Waals surface area contributed by atoms with Crippen LogP contribution in [0.3, 0.4) is 0 Å². The molecular weight excluding hydrogens is 322 g/mol. The number of para-hydroxylation sites is 1. The molecular formula is C21H28F2O2. The standard InChI is InChI=1S/C11H15FO.C10H13FO/c1-4-8(2)9-5-6-11(13-3)10(12)7-9;1-7(2)8-5-4-6-9(11)10(8)12-3/h5-8H,4H2,1-3H3;4-7H,1-3H3. The van der Waals surface area contributed by atoms with Crippen molar-refractivity contribution in [1.29, 1.82) is 0 Å². The van der Waals surface area contributed by atoms with Crippen LogP contribution in [0.1, 0.15) is 57.1 Å². The van der Waals surface area contributed by atoms with Gasteiger partial charge in [-0.3, -0.25) is 0 Å². The van der Waals surface area contributed by atoms with Gasteiger partial charge in [0.1, 0.15) is 0 Å². The number of ether oxygens (including phenoxy) is 2. The Hall–Kier alpha value is -2.10. The van der Waals surface area contributed by atoms with Gasteiger partial charge in [-0.1, -0.05) is 45.9 Å². The Morgan fingerprint density at radius 2 is 1.60 bits per heavy atom. The van der Waals surface area contributed by atoms with E-state index in [9.17, 15) is 8.78 Å². The van der Waals surface area contributed by atoms with Gasteiger partial charge in [0, 0.05) is 0 Å². The Morgan fingerprint density at radius 1 is 0.920 bits per heavy atom. The van der Waals surface area contributed by atoms with Crippen LogP contribution in [0.2, 0.25) is 0 Å². The lowest BCUT2D eigenvalue weighted by Crippen LogP contribution is -1.96. The molecule has 0 amide bonds. The summed E-state index contributed by atoms with van der Waals surface area (Å²) in [6.07, 6.45) is 1.02. The molecule has 0 aliphatic heterocycles. The summed E-state index contributed by atoms with van der Waals surface area (Å²) in [5.74, 6) is 0.805. The zero-order valence-electron chi connectivity index (χ0n) is 15.9. The number of hydrogen-bond donors (Lipinski definition) is 0. The van der Waals surface area contributed by atoms with Crippen molar-refractivity contribution < 1.29 is 18.3 Å². The molecule has 0 spiro atoms. The van der Waals surface area contributed by atoms with E-state index in [1.54, 1.807) is 18.2 Å². The van der Waals surface area contributed by atoms with Crippen LogP contribution >= 0.6 is 0 Å². The molecule has 0 saturated carbocycles. The number of halogens is 2. The van der Waals surface area contributed by atoms with E-state index >= 15 is 0 Å². The molecule has 2 rings (SSSR count). The van der Waals surface area contributed by atoms with E-state index in [1.165, 1.54) is 20.3 Å². The highest BCUT2D eigenvalue weighted by Gasteiger charge is 2.10. The fourth-order valence-corrected chi connectivity index (χ4v) is 2.42. The third-order valence-electron chi connectivity index (χ3n) is 4.18. The van der Waals surface area contributed by atoms with Crippen LogP contribution in [0.5, 0.6) is 11.5 Å². The first kappa shape index (κ1) is 20.9. The summed E-state index contributed by atoms with van der Waals surface area (Å²) in [6, 6.07) is 10.1. The molecule has 0 fully saturated rings. The summed E-state index contributed by atoms with van der Waals surface area (Å²) in [4.78, 5) is 0. The second kappa shape index (κ2) is 10.0. The van der Waals surface area contributed by atoms with Crippen LogP contribution in [-0.2, 0) is 0 Å². The highest BCUT2D eigenvalue weighted by atomic mass is 19.1. The molecule has 0 aliphatic rings. The quantitative estimate of drug-likeness (QED) is 0.629. The number of benzene rings is 2. The van der Waals surface area contributed by atoms with E-state index in [0.717, 1.165) is 17.5 Å². The molecule has 0 aromatic heterocycles. The molecule has 138 valence electrons. The van der Waals surface area contributed by atoms with Crippen LogP contribution in [-0.4, -0.2) is 14.2 Å². The van der Waals surface area contributed by atoms with Crippen molar-refractivity contribution in [1.82, 2.24) is 0 Å². The van der Waals surface area contributed by atoms with Crippen molar-refractivity contribution in [2.45, 2.75) is 46.0 Å². The van der Waals surface area contributed by atoms with Crippen molar-refractivity contribution in [2.75, 3.05) is 14.2 Å². The number of rotatable bonds is 5. The molecule has 0 bridgehead atoms. The predicted molar refractivity (Wildman–Crippen MR) is 98.7 cm³/mol. The lowest BCUT2D eigenvalue weighted by atomic mass is 9.99. The number of methoxy groups -OCH3 is 2. The fourth-order valence-electron chi connectivity index (χ4n) is 2.42. The molecule has 1 atom stereocenters. The first-order chi connectivity index (χ1) is 11.8. The Labute approximate surface area is 149 Å². The largest absolute Gasteiger partial charge is 0.494 e. The molecule has 2 nitrogen and oxygen atoms in total. The molecule has 2 aromatic rings. The maximum Gasteiger partial charge on any atom is 0.165 e. The van der Waals surface area contributed by atoms with E-state index in [-0.39, 0.29) is 17.6 Å². The van der Waals surface area contributed by atoms with Crippen LogP contribution in [0.4, 0.5) is 8.78 Å². The predicted octanol–water partition coefficient (Wildman–Crippen LogP) is 6.31. The van der Waals surface area contributed by atoms with E-state index in [2.05, 4.69) is 13.8 Å². The third-order valence-corrected chi connectivity index (χ3v) is 4.18. The average Bonchev–Trinajstić information content (AvgIpc) is 2.61. The van der Waals surface area contributed by atoms with Gasteiger partial charge in [-0.15, -0.1) is 0 Å². The smallest absolute Gasteiger partial charge is 0.165 e. The minimum atomic E-state index is -0.288. The summed E-state index contributed by atoms with van der Waals surface area (Å²) >= 11 is 0. The second-order valence-electron chi connectivity index (χ2n) is 6.22. The van der Waals surface area contributed by atoms with Crippen molar-refractivity contribution in [3.05, 3.63) is 59.2 Å². The van der Waals surface area contributed by atoms with Crippen LogP contribution in [0, 0.1) is 11.6 Å². The van der Waals surface area contributed by atoms with Gasteiger partial charge in [-0.25, -0.2) is 8.78 Å². The van der Waals surface area contributed by atoms with Gasteiger partial charge >= 0.3 is 0 Å². The lowest BCUT2D eigenvalue weighted by Gasteiger charge is -2.11. The summed E-state index contributed by atoms with van der Waals surface area (Å²) in [5, 5.41) is 0. The molecule has 1 unspecified atom stereocenters. The van der Waals surface area contributed by atoms with Crippen LogP contribution in [0.15, 0.2) is 36.4 Å². The van der Waals surface area contributed by atoms with Gasteiger partial charge < -0.3 is 9.47 Å². The van der Waals surface area contributed by atoms with Gasteiger partial charge in [0.2, 0.25) is 0 Å². The van der Waals surface area contributed by atoms with Crippen molar-refractivity contribution in [3.63, 3.8) is 0 Å². The summed E-state index contributed by atoms with van der Waals surface area (Å²) in [5.41, 5.74) is 1.94. The summed E-state index contributed by atoms with van der Waals surface area (Å²) in [6.45, 7) is 8.20. The minimum absolute atomic E-state index is 0.277. The Bertz CT molecular complexity index is 669. The van der Waals surface area contributed by atoms with Crippen molar-refractivity contribution >= 4 is 0 Å². The Balaban J connectivity index is 0.000000251. The molecule has 2 aromatic carbocycles. The zero-order chi connectivity index (χ0) is 19.0. The summed E-state index contributed by atoms with van der Waals surface area (Å²) in [7, 11) is 2.96. The maximum atomic E-state index is 13.2. The Kier molecular flexibility index (Phi) is 8.39. The normalized spacial score (nSPS) is 11.6. The zero-order valence-corrected chi connectivity index (χ0v) is 15.9. The highest BCUT2D eigenvalue weighted by Crippen LogP contribution is 2.28.